The van der Waals surface area contributed by atoms with E-state index in [0.717, 1.165) is 41.8 Å². The largest absolute Gasteiger partial charge is 0.381 e. The molecule has 4 rings (SSSR count). The minimum Gasteiger partial charge on any atom is -0.381 e. The van der Waals surface area contributed by atoms with Crippen LogP contribution in [0.2, 0.25) is 0 Å². The van der Waals surface area contributed by atoms with Crippen molar-refractivity contribution in [2.45, 2.75) is 58.3 Å². The van der Waals surface area contributed by atoms with E-state index in [-0.39, 0.29) is 23.1 Å². The van der Waals surface area contributed by atoms with Crippen molar-refractivity contribution >= 4 is 23.1 Å². The monoisotopic (exact) mass is 464 g/mol. The first kappa shape index (κ1) is 24.2. The number of rotatable bonds is 5. The third-order valence-electron chi connectivity index (χ3n) is 7.22. The number of hydrogen-bond acceptors (Lipinski definition) is 4. The van der Waals surface area contributed by atoms with Crippen molar-refractivity contribution in [2.24, 2.45) is 5.41 Å². The van der Waals surface area contributed by atoms with Crippen LogP contribution in [0.1, 0.15) is 73.4 Å². The van der Waals surface area contributed by atoms with Gasteiger partial charge in [-0.2, -0.15) is 0 Å². The lowest BCUT2D eigenvalue weighted by Gasteiger charge is -2.38. The van der Waals surface area contributed by atoms with Crippen molar-refractivity contribution in [3.63, 3.8) is 0 Å². The number of aromatic amines is 1. The number of amides is 2. The standard InChI is InChI=1S/C27H36N4O3/c1-18-17-28-23(29-18)24(32)30-22-7-6-20(16-21(22)19-8-10-26(2,3)11-9-19)27(25(33)31(4)5)12-14-34-15-13-27/h6-8,16-17H,9-15H2,1-5H3,(H,28,29)(H,30,32). The molecule has 2 amide bonds. The topological polar surface area (TPSA) is 87.3 Å². The maximum Gasteiger partial charge on any atom is 0.291 e. The molecule has 2 aromatic rings. The second kappa shape index (κ2) is 9.37. The molecule has 0 radical (unpaired) electrons. The van der Waals surface area contributed by atoms with E-state index in [4.69, 9.17) is 4.74 Å². The summed E-state index contributed by atoms with van der Waals surface area (Å²) in [7, 11) is 3.62. The second-order valence-corrected chi connectivity index (χ2v) is 10.6. The third kappa shape index (κ3) is 4.80. The minimum atomic E-state index is -0.619. The second-order valence-electron chi connectivity index (χ2n) is 10.6. The summed E-state index contributed by atoms with van der Waals surface area (Å²) in [6, 6.07) is 6.06. The zero-order chi connectivity index (χ0) is 24.5. The van der Waals surface area contributed by atoms with Crippen molar-refractivity contribution in [3.05, 3.63) is 53.1 Å². The fraction of sp³-hybridized carbons (Fsp3) is 0.519. The lowest BCUT2D eigenvalue weighted by atomic mass is 9.71. The van der Waals surface area contributed by atoms with Gasteiger partial charge in [-0.25, -0.2) is 4.98 Å². The molecule has 2 heterocycles. The molecule has 0 saturated carbocycles. The fourth-order valence-corrected chi connectivity index (χ4v) is 5.02. The maximum atomic E-state index is 13.4. The van der Waals surface area contributed by atoms with Gasteiger partial charge in [0.05, 0.1) is 5.41 Å². The van der Waals surface area contributed by atoms with Gasteiger partial charge in [0.25, 0.3) is 5.91 Å². The van der Waals surface area contributed by atoms with E-state index in [2.05, 4.69) is 41.3 Å². The average Bonchev–Trinajstić information content (AvgIpc) is 3.26. The van der Waals surface area contributed by atoms with Crippen LogP contribution in [0.25, 0.3) is 5.57 Å². The molecule has 0 atom stereocenters. The van der Waals surface area contributed by atoms with Gasteiger partial charge in [0.1, 0.15) is 0 Å². The van der Waals surface area contributed by atoms with Gasteiger partial charge < -0.3 is 19.9 Å². The number of H-pyrrole nitrogens is 1. The van der Waals surface area contributed by atoms with Gasteiger partial charge in [-0.3, -0.25) is 9.59 Å². The van der Waals surface area contributed by atoms with Crippen LogP contribution in [0.4, 0.5) is 5.69 Å². The van der Waals surface area contributed by atoms with Crippen LogP contribution < -0.4 is 5.32 Å². The number of likely N-dealkylation sites (N-methyl/N-ethyl adjacent to an activating group) is 1. The first-order valence-corrected chi connectivity index (χ1v) is 12.1. The minimum absolute atomic E-state index is 0.100. The first-order valence-electron chi connectivity index (χ1n) is 12.1. The number of ether oxygens (including phenoxy) is 1. The number of aromatic nitrogens is 2. The molecule has 1 fully saturated rings. The number of imidazole rings is 1. The molecule has 0 bridgehead atoms. The Balaban J connectivity index is 1.77. The Morgan fingerprint density at radius 3 is 2.47 bits per heavy atom. The third-order valence-corrected chi connectivity index (χ3v) is 7.22. The number of benzene rings is 1. The molecule has 7 heteroatoms. The molecule has 7 nitrogen and oxygen atoms in total. The Labute approximate surface area is 202 Å². The summed E-state index contributed by atoms with van der Waals surface area (Å²) in [5, 5.41) is 3.06. The van der Waals surface area contributed by atoms with E-state index < -0.39 is 5.41 Å². The van der Waals surface area contributed by atoms with Crippen LogP contribution in [-0.2, 0) is 14.9 Å². The Bertz CT molecular complexity index is 1110. The molecular formula is C27H36N4O3. The van der Waals surface area contributed by atoms with Crippen molar-refractivity contribution in [1.29, 1.82) is 0 Å². The summed E-state index contributed by atoms with van der Waals surface area (Å²) in [6.07, 6.45) is 8.21. The molecule has 2 aliphatic rings. The summed E-state index contributed by atoms with van der Waals surface area (Å²) in [4.78, 5) is 35.2. The highest BCUT2D eigenvalue weighted by Gasteiger charge is 2.43. The van der Waals surface area contributed by atoms with Crippen LogP contribution in [0.3, 0.4) is 0 Å². The lowest BCUT2D eigenvalue weighted by molar-refractivity contribution is -0.138. The van der Waals surface area contributed by atoms with E-state index in [1.165, 1.54) is 5.57 Å². The number of nitrogens with one attached hydrogen (secondary N) is 2. The summed E-state index contributed by atoms with van der Waals surface area (Å²) in [5.74, 6) is 0.113. The number of aryl methyl sites for hydroxylation is 1. The molecule has 0 unspecified atom stereocenters. The van der Waals surface area contributed by atoms with Gasteiger partial charge in [0.15, 0.2) is 5.82 Å². The smallest absolute Gasteiger partial charge is 0.291 e. The van der Waals surface area contributed by atoms with Crippen molar-refractivity contribution in [3.8, 4) is 0 Å². The van der Waals surface area contributed by atoms with Gasteiger partial charge >= 0.3 is 0 Å². The summed E-state index contributed by atoms with van der Waals surface area (Å²) >= 11 is 0. The molecule has 1 aromatic heterocycles. The molecule has 34 heavy (non-hydrogen) atoms. The number of anilines is 1. The number of carbonyl (C=O) groups is 2. The zero-order valence-electron chi connectivity index (χ0n) is 21.0. The molecule has 0 spiro atoms. The van der Waals surface area contributed by atoms with Crippen LogP contribution in [0.15, 0.2) is 30.5 Å². The first-order chi connectivity index (χ1) is 16.1. The Morgan fingerprint density at radius 2 is 1.88 bits per heavy atom. The zero-order valence-corrected chi connectivity index (χ0v) is 21.0. The highest BCUT2D eigenvalue weighted by Crippen LogP contribution is 2.43. The van der Waals surface area contributed by atoms with Crippen LogP contribution in [0, 0.1) is 12.3 Å². The van der Waals surface area contributed by atoms with E-state index in [0.29, 0.717) is 26.1 Å². The fourth-order valence-electron chi connectivity index (χ4n) is 5.02. The summed E-state index contributed by atoms with van der Waals surface area (Å²) < 4.78 is 5.62. The quantitative estimate of drug-likeness (QED) is 0.671. The Morgan fingerprint density at radius 1 is 1.15 bits per heavy atom. The van der Waals surface area contributed by atoms with Gasteiger partial charge in [-0.1, -0.05) is 26.0 Å². The predicted molar refractivity (Wildman–Crippen MR) is 134 cm³/mol. The molecule has 182 valence electrons. The van der Waals surface area contributed by atoms with Gasteiger partial charge in [0.2, 0.25) is 5.91 Å². The number of allylic oxidation sites excluding steroid dienone is 2. The van der Waals surface area contributed by atoms with Crippen LogP contribution >= 0.6 is 0 Å². The van der Waals surface area contributed by atoms with E-state index in [1.807, 2.05) is 33.2 Å². The highest BCUT2D eigenvalue weighted by molar-refractivity contribution is 6.03. The maximum absolute atomic E-state index is 13.4. The molecular weight excluding hydrogens is 428 g/mol. The van der Waals surface area contributed by atoms with Gasteiger partial charge in [-0.05, 0) is 67.7 Å². The van der Waals surface area contributed by atoms with E-state index in [9.17, 15) is 9.59 Å². The summed E-state index contributed by atoms with van der Waals surface area (Å²) in [5.41, 5.74) is 4.41. The average molecular weight is 465 g/mol. The van der Waals surface area contributed by atoms with Crippen LogP contribution in [0.5, 0.6) is 0 Å². The van der Waals surface area contributed by atoms with E-state index >= 15 is 0 Å². The molecule has 2 N–H and O–H groups in total. The molecule has 1 aliphatic carbocycles. The number of nitrogens with zero attached hydrogens (tertiary/aromatic N) is 2. The summed E-state index contributed by atoms with van der Waals surface area (Å²) in [6.45, 7) is 7.55. The molecule has 1 aromatic carbocycles. The number of hydrogen-bond donors (Lipinski definition) is 2. The Kier molecular flexibility index (Phi) is 6.67. The normalized spacial score (nSPS) is 19.3. The Hall–Kier alpha value is -2.93. The highest BCUT2D eigenvalue weighted by atomic mass is 16.5. The van der Waals surface area contributed by atoms with Crippen molar-refractivity contribution in [1.82, 2.24) is 14.9 Å². The predicted octanol–water partition coefficient (Wildman–Crippen LogP) is 4.70. The van der Waals surface area contributed by atoms with Crippen molar-refractivity contribution in [2.75, 3.05) is 32.6 Å². The van der Waals surface area contributed by atoms with Gasteiger partial charge in [0, 0.05) is 50.5 Å². The number of carbonyl (C=O) groups excluding carboxylic acids is 2. The molecule has 1 aliphatic heterocycles. The van der Waals surface area contributed by atoms with Crippen molar-refractivity contribution < 1.29 is 14.3 Å². The van der Waals surface area contributed by atoms with E-state index in [1.54, 1.807) is 11.1 Å². The lowest BCUT2D eigenvalue weighted by Crippen LogP contribution is -2.47. The molecule has 1 saturated heterocycles. The van der Waals surface area contributed by atoms with Gasteiger partial charge in [-0.15, -0.1) is 0 Å². The SMILES string of the molecule is Cc1cnc(C(=O)Nc2ccc(C3(C(=O)N(C)C)CCOCC3)cc2C2=CCC(C)(C)CC2)[nH]1. The van der Waals surface area contributed by atoms with Crippen LogP contribution in [-0.4, -0.2) is 54.0 Å².